The Morgan fingerprint density at radius 3 is 2.83 bits per heavy atom. The van der Waals surface area contributed by atoms with Gasteiger partial charge < -0.3 is 11.1 Å². The fourth-order valence-electron chi connectivity index (χ4n) is 1.32. The van der Waals surface area contributed by atoms with E-state index in [-0.39, 0.29) is 12.1 Å². The maximum Gasteiger partial charge on any atom is 0.254 e. The van der Waals surface area contributed by atoms with Crippen molar-refractivity contribution in [1.29, 1.82) is 0 Å². The number of nitrogens with two attached hydrogens (primary N) is 1. The minimum atomic E-state index is -0.547. The van der Waals surface area contributed by atoms with Crippen LogP contribution in [0.25, 0.3) is 0 Å². The average Bonchev–Trinajstić information content (AvgIpc) is 2.35. The van der Waals surface area contributed by atoms with Crippen molar-refractivity contribution in [3.05, 3.63) is 35.1 Å². The largest absolute Gasteiger partial charge is 0.352 e. The first-order chi connectivity index (χ1) is 8.54. The molecule has 0 aliphatic heterocycles. The van der Waals surface area contributed by atoms with Crippen LogP contribution in [0.2, 0.25) is 0 Å². The molecule has 0 bridgehead atoms. The summed E-state index contributed by atoms with van der Waals surface area (Å²) in [6.07, 6.45) is 0. The van der Waals surface area contributed by atoms with Crippen molar-refractivity contribution in [3.63, 3.8) is 0 Å². The SMILES string of the molecule is CC(C)CNC(=O)c1cc(C#CCN)ccc1F. The van der Waals surface area contributed by atoms with Gasteiger partial charge in [-0.1, -0.05) is 25.7 Å². The highest BCUT2D eigenvalue weighted by Gasteiger charge is 2.12. The van der Waals surface area contributed by atoms with E-state index in [1.165, 1.54) is 18.2 Å². The lowest BCUT2D eigenvalue weighted by Gasteiger charge is -2.08. The molecule has 0 saturated heterocycles. The molecule has 0 aliphatic carbocycles. The van der Waals surface area contributed by atoms with Crippen molar-refractivity contribution < 1.29 is 9.18 Å². The quantitative estimate of drug-likeness (QED) is 0.797. The molecule has 0 radical (unpaired) electrons. The molecule has 1 rings (SSSR count). The molecular weight excluding hydrogens is 231 g/mol. The maximum absolute atomic E-state index is 13.5. The standard InChI is InChI=1S/C14H17FN2O/c1-10(2)9-17-14(18)12-8-11(4-3-7-16)5-6-13(12)15/h5-6,8,10H,7,9,16H2,1-2H3,(H,17,18). The van der Waals surface area contributed by atoms with Crippen molar-refractivity contribution in [3.8, 4) is 11.8 Å². The zero-order valence-electron chi connectivity index (χ0n) is 10.6. The zero-order valence-corrected chi connectivity index (χ0v) is 10.6. The van der Waals surface area contributed by atoms with Crippen LogP contribution in [0.4, 0.5) is 4.39 Å². The van der Waals surface area contributed by atoms with Crippen molar-refractivity contribution in [2.45, 2.75) is 13.8 Å². The van der Waals surface area contributed by atoms with Crippen molar-refractivity contribution in [2.75, 3.05) is 13.1 Å². The molecule has 1 amide bonds. The molecule has 0 atom stereocenters. The van der Waals surface area contributed by atoms with E-state index in [0.29, 0.717) is 18.0 Å². The fraction of sp³-hybridized carbons (Fsp3) is 0.357. The van der Waals surface area contributed by atoms with Crippen LogP contribution in [-0.2, 0) is 0 Å². The number of halogens is 1. The Labute approximate surface area is 107 Å². The van der Waals surface area contributed by atoms with Crippen LogP contribution in [-0.4, -0.2) is 19.0 Å². The summed E-state index contributed by atoms with van der Waals surface area (Å²) < 4.78 is 13.5. The van der Waals surface area contributed by atoms with Gasteiger partial charge in [0.25, 0.3) is 5.91 Å². The van der Waals surface area contributed by atoms with Gasteiger partial charge in [0.1, 0.15) is 5.82 Å². The maximum atomic E-state index is 13.5. The summed E-state index contributed by atoms with van der Waals surface area (Å²) >= 11 is 0. The Morgan fingerprint density at radius 1 is 1.50 bits per heavy atom. The van der Waals surface area contributed by atoms with Gasteiger partial charge in [0.15, 0.2) is 0 Å². The van der Waals surface area contributed by atoms with Crippen LogP contribution in [0.5, 0.6) is 0 Å². The van der Waals surface area contributed by atoms with E-state index in [2.05, 4.69) is 17.2 Å². The van der Waals surface area contributed by atoms with E-state index in [0.717, 1.165) is 0 Å². The average molecular weight is 248 g/mol. The molecule has 3 N–H and O–H groups in total. The van der Waals surface area contributed by atoms with Crippen LogP contribution in [0.1, 0.15) is 29.8 Å². The molecule has 1 aromatic carbocycles. The van der Waals surface area contributed by atoms with Crippen molar-refractivity contribution in [1.82, 2.24) is 5.32 Å². The van der Waals surface area contributed by atoms with Crippen molar-refractivity contribution >= 4 is 5.91 Å². The Bertz CT molecular complexity index is 486. The van der Waals surface area contributed by atoms with E-state index < -0.39 is 11.7 Å². The van der Waals surface area contributed by atoms with Gasteiger partial charge in [0.05, 0.1) is 12.1 Å². The Kier molecular flexibility index (Phi) is 5.34. The lowest BCUT2D eigenvalue weighted by molar-refractivity contribution is 0.0945. The second-order valence-corrected chi connectivity index (χ2v) is 4.30. The van der Waals surface area contributed by atoms with Crippen molar-refractivity contribution in [2.24, 2.45) is 11.7 Å². The molecule has 18 heavy (non-hydrogen) atoms. The molecular formula is C14H17FN2O. The number of hydrogen-bond acceptors (Lipinski definition) is 2. The molecule has 0 heterocycles. The molecule has 3 nitrogen and oxygen atoms in total. The number of rotatable bonds is 3. The van der Waals surface area contributed by atoms with Crippen LogP contribution < -0.4 is 11.1 Å². The van der Waals surface area contributed by atoms with Gasteiger partial charge in [0.2, 0.25) is 0 Å². The fourth-order valence-corrected chi connectivity index (χ4v) is 1.32. The number of nitrogens with one attached hydrogen (secondary N) is 1. The number of amides is 1. The number of hydrogen-bond donors (Lipinski definition) is 2. The summed E-state index contributed by atoms with van der Waals surface area (Å²) in [6.45, 7) is 4.68. The molecule has 1 aromatic rings. The molecule has 0 spiro atoms. The predicted octanol–water partition coefficient (Wildman–Crippen LogP) is 1.52. The monoisotopic (exact) mass is 248 g/mol. The minimum absolute atomic E-state index is 0.0134. The van der Waals surface area contributed by atoms with Gasteiger partial charge in [-0.05, 0) is 24.1 Å². The highest BCUT2D eigenvalue weighted by molar-refractivity contribution is 5.94. The summed E-state index contributed by atoms with van der Waals surface area (Å²) in [5.74, 6) is 4.79. The van der Waals surface area contributed by atoms with Gasteiger partial charge in [-0.3, -0.25) is 4.79 Å². The first-order valence-electron chi connectivity index (χ1n) is 5.81. The third-order valence-electron chi connectivity index (χ3n) is 2.22. The van der Waals surface area contributed by atoms with Gasteiger partial charge in [-0.25, -0.2) is 4.39 Å². The van der Waals surface area contributed by atoms with Crippen LogP contribution in [0.3, 0.4) is 0 Å². The van der Waals surface area contributed by atoms with E-state index in [1.54, 1.807) is 0 Å². The normalized spacial score (nSPS) is 9.83. The lowest BCUT2D eigenvalue weighted by Crippen LogP contribution is -2.28. The van der Waals surface area contributed by atoms with E-state index in [9.17, 15) is 9.18 Å². The molecule has 96 valence electrons. The number of benzene rings is 1. The molecule has 0 unspecified atom stereocenters. The first kappa shape index (κ1) is 14.2. The highest BCUT2D eigenvalue weighted by Crippen LogP contribution is 2.10. The first-order valence-corrected chi connectivity index (χ1v) is 5.81. The Morgan fingerprint density at radius 2 is 2.22 bits per heavy atom. The Balaban J connectivity index is 2.89. The molecule has 0 fully saturated rings. The second-order valence-electron chi connectivity index (χ2n) is 4.30. The van der Waals surface area contributed by atoms with Gasteiger partial charge in [-0.15, -0.1) is 0 Å². The van der Waals surface area contributed by atoms with Gasteiger partial charge >= 0.3 is 0 Å². The molecule has 0 aromatic heterocycles. The topological polar surface area (TPSA) is 55.1 Å². The molecule has 0 saturated carbocycles. The summed E-state index contributed by atoms with van der Waals surface area (Å²) in [5, 5.41) is 2.67. The summed E-state index contributed by atoms with van der Waals surface area (Å²) in [7, 11) is 0. The lowest BCUT2D eigenvalue weighted by atomic mass is 10.1. The second kappa shape index (κ2) is 6.77. The van der Waals surface area contributed by atoms with Crippen LogP contribution in [0, 0.1) is 23.6 Å². The van der Waals surface area contributed by atoms with E-state index >= 15 is 0 Å². The number of carbonyl (C=O) groups is 1. The summed E-state index contributed by atoms with van der Waals surface area (Å²) in [6, 6.07) is 4.20. The minimum Gasteiger partial charge on any atom is -0.352 e. The van der Waals surface area contributed by atoms with E-state index in [4.69, 9.17) is 5.73 Å². The predicted molar refractivity (Wildman–Crippen MR) is 69.5 cm³/mol. The van der Waals surface area contributed by atoms with Gasteiger partial charge in [0, 0.05) is 12.1 Å². The van der Waals surface area contributed by atoms with Crippen LogP contribution in [0.15, 0.2) is 18.2 Å². The van der Waals surface area contributed by atoms with E-state index in [1.807, 2.05) is 13.8 Å². The smallest absolute Gasteiger partial charge is 0.254 e. The Hall–Kier alpha value is -1.86. The molecule has 0 aliphatic rings. The van der Waals surface area contributed by atoms with Crippen LogP contribution >= 0.6 is 0 Å². The highest BCUT2D eigenvalue weighted by atomic mass is 19.1. The summed E-state index contributed by atoms with van der Waals surface area (Å²) in [5.41, 5.74) is 5.85. The molecule has 4 heteroatoms. The third kappa shape index (κ3) is 4.19. The third-order valence-corrected chi connectivity index (χ3v) is 2.22. The summed E-state index contributed by atoms with van der Waals surface area (Å²) in [4.78, 5) is 11.8. The van der Waals surface area contributed by atoms with Gasteiger partial charge in [-0.2, -0.15) is 0 Å². The number of carbonyl (C=O) groups excluding carboxylic acids is 1. The zero-order chi connectivity index (χ0) is 13.5.